The molecule has 2 N–H and O–H groups in total. The Morgan fingerprint density at radius 1 is 1.41 bits per heavy atom. The number of amides is 3. The fourth-order valence-corrected chi connectivity index (χ4v) is 3.64. The quantitative estimate of drug-likeness (QED) is 0.761. The first-order valence-corrected chi connectivity index (χ1v) is 8.79. The lowest BCUT2D eigenvalue weighted by Crippen LogP contribution is -2.52. The number of hydrogen-bond donors (Lipinski definition) is 1. The zero-order chi connectivity index (χ0) is 19.8. The number of likely N-dealkylation sites (N-methyl/N-ethyl adjacent to an activating group) is 1. The molecular weight excluding hydrogens is 393 g/mol. The zero-order valence-electron chi connectivity index (χ0n) is 14.7. The van der Waals surface area contributed by atoms with Gasteiger partial charge in [0, 0.05) is 29.9 Å². The predicted octanol–water partition coefficient (Wildman–Crippen LogP) is 2.22. The van der Waals surface area contributed by atoms with Crippen LogP contribution in [-0.4, -0.2) is 53.6 Å². The van der Waals surface area contributed by atoms with Gasteiger partial charge < -0.3 is 10.5 Å². The number of methoxy groups -OCH3 is 1. The van der Waals surface area contributed by atoms with Gasteiger partial charge in [0.1, 0.15) is 13.1 Å². The molecule has 8 nitrogen and oxygen atoms in total. The van der Waals surface area contributed by atoms with Crippen LogP contribution in [0.5, 0.6) is 5.88 Å². The van der Waals surface area contributed by atoms with Gasteiger partial charge in [-0.2, -0.15) is 9.47 Å². The number of urea groups is 1. The number of primary amides is 1. The standard InChI is InChI=1S/C17H17Cl2N5O3/c1-23-13(15(20)25)9-24(17(23)26,16-21-6-5-14(22-16)27-2)8-10-3-4-11(18)7-12(10)19/h3-7,13H,8-9H2,1-2H3,(H-,20,25)/p+1. The van der Waals surface area contributed by atoms with Crippen LogP contribution >= 0.6 is 23.2 Å². The molecule has 0 bridgehead atoms. The second-order valence-corrected chi connectivity index (χ2v) is 7.10. The molecule has 27 heavy (non-hydrogen) atoms. The normalized spacial score (nSPS) is 22.1. The second-order valence-electron chi connectivity index (χ2n) is 6.25. The molecule has 1 aliphatic rings. The van der Waals surface area contributed by atoms with Crippen LogP contribution in [0.1, 0.15) is 5.56 Å². The van der Waals surface area contributed by atoms with E-state index in [0.29, 0.717) is 21.5 Å². The maximum atomic E-state index is 13.2. The van der Waals surface area contributed by atoms with Crippen molar-refractivity contribution in [1.29, 1.82) is 0 Å². The van der Waals surface area contributed by atoms with E-state index < -0.39 is 11.9 Å². The van der Waals surface area contributed by atoms with E-state index in [1.807, 2.05) is 0 Å². The summed E-state index contributed by atoms with van der Waals surface area (Å²) < 4.78 is 4.82. The average Bonchev–Trinajstić information content (AvgIpc) is 2.90. The van der Waals surface area contributed by atoms with Crippen LogP contribution in [0.15, 0.2) is 30.5 Å². The van der Waals surface area contributed by atoms with Gasteiger partial charge in [-0.3, -0.25) is 9.69 Å². The fraction of sp³-hybridized carbons (Fsp3) is 0.294. The molecule has 1 aromatic carbocycles. The number of quaternary nitrogens is 1. The first-order valence-electron chi connectivity index (χ1n) is 8.04. The summed E-state index contributed by atoms with van der Waals surface area (Å²) in [4.78, 5) is 35.0. The van der Waals surface area contributed by atoms with Crippen LogP contribution in [0.25, 0.3) is 0 Å². The molecule has 0 aliphatic carbocycles. The van der Waals surface area contributed by atoms with Gasteiger partial charge in [-0.05, 0) is 12.1 Å². The van der Waals surface area contributed by atoms with Crippen LogP contribution in [-0.2, 0) is 11.3 Å². The molecule has 0 radical (unpaired) electrons. The van der Waals surface area contributed by atoms with Crippen LogP contribution in [0.2, 0.25) is 10.0 Å². The molecule has 2 atom stereocenters. The SMILES string of the molecule is COc1ccnc([N+]2(Cc3ccc(Cl)cc3Cl)CC(C(N)=O)N(C)C2=O)n1. The number of nitrogens with zero attached hydrogens (tertiary/aromatic N) is 4. The highest BCUT2D eigenvalue weighted by Crippen LogP contribution is 2.34. The number of rotatable bonds is 5. The topological polar surface area (TPSA) is 98.4 Å². The van der Waals surface area contributed by atoms with Crippen molar-refractivity contribution >= 4 is 41.1 Å². The van der Waals surface area contributed by atoms with Gasteiger partial charge in [-0.1, -0.05) is 29.3 Å². The van der Waals surface area contributed by atoms with Crippen molar-refractivity contribution in [2.24, 2.45) is 5.73 Å². The lowest BCUT2D eigenvalue weighted by Gasteiger charge is -2.28. The van der Waals surface area contributed by atoms with Crippen molar-refractivity contribution in [3.63, 3.8) is 0 Å². The van der Waals surface area contributed by atoms with Gasteiger partial charge in [0.2, 0.25) is 11.8 Å². The molecule has 3 amide bonds. The number of ether oxygens (including phenoxy) is 1. The van der Waals surface area contributed by atoms with Crippen molar-refractivity contribution in [2.75, 3.05) is 20.7 Å². The van der Waals surface area contributed by atoms with Crippen molar-refractivity contribution in [3.05, 3.63) is 46.1 Å². The summed E-state index contributed by atoms with van der Waals surface area (Å²) in [5.41, 5.74) is 6.16. The summed E-state index contributed by atoms with van der Waals surface area (Å²) >= 11 is 12.3. The Morgan fingerprint density at radius 2 is 2.15 bits per heavy atom. The van der Waals surface area contributed by atoms with Crippen molar-refractivity contribution in [3.8, 4) is 5.88 Å². The first kappa shape index (κ1) is 19.3. The molecule has 1 aliphatic heterocycles. The summed E-state index contributed by atoms with van der Waals surface area (Å²) in [5, 5.41) is 0.883. The third-order valence-corrected chi connectivity index (χ3v) is 5.20. The number of hydrogen-bond acceptors (Lipinski definition) is 5. The van der Waals surface area contributed by atoms with E-state index in [0.717, 1.165) is 0 Å². The molecule has 2 unspecified atom stereocenters. The van der Waals surface area contributed by atoms with Crippen molar-refractivity contribution < 1.29 is 14.3 Å². The van der Waals surface area contributed by atoms with Crippen molar-refractivity contribution in [1.82, 2.24) is 19.4 Å². The van der Waals surface area contributed by atoms with Gasteiger partial charge in [0.25, 0.3) is 0 Å². The van der Waals surface area contributed by atoms with E-state index in [9.17, 15) is 9.59 Å². The zero-order valence-corrected chi connectivity index (χ0v) is 16.2. The highest BCUT2D eigenvalue weighted by Gasteiger charge is 2.56. The summed E-state index contributed by atoms with van der Waals surface area (Å²) in [6.45, 7) is 0.215. The average molecular weight is 411 g/mol. The van der Waals surface area contributed by atoms with Crippen LogP contribution < -0.4 is 15.0 Å². The maximum absolute atomic E-state index is 13.2. The molecule has 3 rings (SSSR count). The molecule has 1 fully saturated rings. The fourth-order valence-electron chi connectivity index (χ4n) is 3.17. The minimum atomic E-state index is -0.793. The smallest absolute Gasteiger partial charge is 0.427 e. The monoisotopic (exact) mass is 410 g/mol. The van der Waals surface area contributed by atoms with Crippen molar-refractivity contribution in [2.45, 2.75) is 12.6 Å². The van der Waals surface area contributed by atoms with E-state index in [1.54, 1.807) is 24.3 Å². The first-order chi connectivity index (χ1) is 12.8. The van der Waals surface area contributed by atoms with Crippen LogP contribution in [0.3, 0.4) is 0 Å². The predicted molar refractivity (Wildman–Crippen MR) is 102 cm³/mol. The Morgan fingerprint density at radius 3 is 2.74 bits per heavy atom. The molecule has 1 saturated heterocycles. The van der Waals surface area contributed by atoms with Crippen LogP contribution in [0.4, 0.5) is 10.7 Å². The Hall–Kier alpha value is -2.42. The lowest BCUT2D eigenvalue weighted by atomic mass is 10.1. The number of aromatic nitrogens is 2. The number of carbonyl (C=O) groups excluding carboxylic acids is 2. The third-order valence-electron chi connectivity index (χ3n) is 4.61. The molecule has 142 valence electrons. The highest BCUT2D eigenvalue weighted by atomic mass is 35.5. The lowest BCUT2D eigenvalue weighted by molar-refractivity contribution is -0.121. The molecule has 1 aromatic heterocycles. The number of halogens is 2. The Kier molecular flexibility index (Phi) is 5.23. The Bertz CT molecular complexity index is 910. The van der Waals surface area contributed by atoms with Crippen LogP contribution in [0, 0.1) is 0 Å². The Balaban J connectivity index is 2.14. The molecule has 2 heterocycles. The van der Waals surface area contributed by atoms with E-state index in [1.165, 1.54) is 25.3 Å². The summed E-state index contributed by atoms with van der Waals surface area (Å²) in [6.07, 6.45) is 1.50. The van der Waals surface area contributed by atoms with Gasteiger partial charge in [-0.25, -0.2) is 4.79 Å². The molecular formula is C17H18Cl2N5O3+. The second kappa shape index (κ2) is 7.30. The molecule has 0 spiro atoms. The Labute approximate surface area is 166 Å². The highest BCUT2D eigenvalue weighted by molar-refractivity contribution is 6.35. The minimum Gasteiger partial charge on any atom is -0.481 e. The van der Waals surface area contributed by atoms with Gasteiger partial charge in [0.05, 0.1) is 12.1 Å². The van der Waals surface area contributed by atoms with Gasteiger partial charge >= 0.3 is 12.0 Å². The van der Waals surface area contributed by atoms with Gasteiger partial charge in [-0.15, -0.1) is 4.98 Å². The van der Waals surface area contributed by atoms with E-state index in [-0.39, 0.29) is 29.6 Å². The number of benzene rings is 1. The minimum absolute atomic E-state index is 0.0801. The summed E-state index contributed by atoms with van der Waals surface area (Å²) in [5.74, 6) is -0.102. The molecule has 0 saturated carbocycles. The summed E-state index contributed by atoms with van der Waals surface area (Å²) in [6, 6.07) is 5.43. The molecule has 2 aromatic rings. The number of nitrogens with two attached hydrogens (primary N) is 1. The molecule has 10 heteroatoms. The number of carbonyl (C=O) groups is 2. The third kappa shape index (κ3) is 3.43. The van der Waals surface area contributed by atoms with E-state index >= 15 is 0 Å². The maximum Gasteiger partial charge on any atom is 0.427 e. The van der Waals surface area contributed by atoms with Gasteiger partial charge in [0.15, 0.2) is 6.04 Å². The van der Waals surface area contributed by atoms with E-state index in [2.05, 4.69) is 9.97 Å². The summed E-state index contributed by atoms with van der Waals surface area (Å²) in [7, 11) is 3.00. The van der Waals surface area contributed by atoms with E-state index in [4.69, 9.17) is 33.7 Å². The largest absolute Gasteiger partial charge is 0.481 e.